The number of nitro benzene ring substituents is 1. The predicted octanol–water partition coefficient (Wildman–Crippen LogP) is 4.41. The molecule has 0 fully saturated rings. The maximum absolute atomic E-state index is 12.7. The van der Waals surface area contributed by atoms with Crippen LogP contribution in [0, 0.1) is 10.1 Å². The number of nitrogens with zero attached hydrogens (tertiary/aromatic N) is 1. The molecule has 172 valence electrons. The van der Waals surface area contributed by atoms with E-state index in [4.69, 9.17) is 25.8 Å². The van der Waals surface area contributed by atoms with E-state index in [1.807, 2.05) is 0 Å². The lowest BCUT2D eigenvalue weighted by molar-refractivity contribution is -0.385. The lowest BCUT2D eigenvalue weighted by Gasteiger charge is -2.12. The summed E-state index contributed by atoms with van der Waals surface area (Å²) in [5.74, 6) is -2.09. The fraction of sp³-hybridized carbons (Fsp3) is 0.263. The van der Waals surface area contributed by atoms with Gasteiger partial charge in [0.1, 0.15) is 36.9 Å². The van der Waals surface area contributed by atoms with Crippen molar-refractivity contribution in [1.82, 2.24) is 0 Å². The van der Waals surface area contributed by atoms with Crippen LogP contribution in [0.4, 0.5) is 18.9 Å². The molecule has 0 aromatic heterocycles. The fourth-order valence-corrected chi connectivity index (χ4v) is 2.53. The Kier molecular flexibility index (Phi) is 8.38. The zero-order valence-electron chi connectivity index (χ0n) is 16.3. The number of ether oxygens (including phenoxy) is 4. The summed E-state index contributed by atoms with van der Waals surface area (Å²) in [7, 11) is 1.29. The number of hydrogen-bond donors (Lipinski definition) is 0. The van der Waals surface area contributed by atoms with Crippen molar-refractivity contribution in [1.29, 1.82) is 0 Å². The Morgan fingerprint density at radius 1 is 1.09 bits per heavy atom. The topological polar surface area (TPSA) is 114 Å². The smallest absolute Gasteiger partial charge is 0.416 e. The number of rotatable bonds is 9. The van der Waals surface area contributed by atoms with Gasteiger partial charge in [-0.1, -0.05) is 11.6 Å². The van der Waals surface area contributed by atoms with E-state index >= 15 is 0 Å². The van der Waals surface area contributed by atoms with E-state index in [1.54, 1.807) is 0 Å². The van der Waals surface area contributed by atoms with Gasteiger partial charge in [-0.25, -0.2) is 9.59 Å². The van der Waals surface area contributed by atoms with Gasteiger partial charge in [0, 0.05) is 19.2 Å². The maximum Gasteiger partial charge on any atom is 0.416 e. The number of alkyl halides is 3. The Morgan fingerprint density at radius 2 is 1.78 bits per heavy atom. The number of carbonyl (C=O) groups is 2. The van der Waals surface area contributed by atoms with Crippen molar-refractivity contribution in [2.75, 3.05) is 26.9 Å². The van der Waals surface area contributed by atoms with E-state index < -0.39 is 39.9 Å². The molecule has 0 atom stereocenters. The van der Waals surface area contributed by atoms with Gasteiger partial charge in [-0.3, -0.25) is 10.1 Å². The van der Waals surface area contributed by atoms with Crippen LogP contribution >= 0.6 is 11.6 Å². The SMILES string of the molecule is COCC(=O)OCCOC(=O)c1cc(Oc2ccc(C(F)(F)F)cc2Cl)ccc1[N+](=O)[O-]. The molecule has 0 N–H and O–H groups in total. The number of esters is 2. The van der Waals surface area contributed by atoms with E-state index in [1.165, 1.54) is 7.11 Å². The van der Waals surface area contributed by atoms with Crippen molar-refractivity contribution in [3.05, 3.63) is 62.7 Å². The largest absolute Gasteiger partial charge is 0.460 e. The van der Waals surface area contributed by atoms with Crippen LogP contribution in [0.25, 0.3) is 0 Å². The number of methoxy groups -OCH3 is 1. The minimum Gasteiger partial charge on any atom is -0.460 e. The number of halogens is 4. The summed E-state index contributed by atoms with van der Waals surface area (Å²) in [6.07, 6.45) is -4.61. The second-order valence-electron chi connectivity index (χ2n) is 5.97. The first-order valence-electron chi connectivity index (χ1n) is 8.67. The lowest BCUT2D eigenvalue weighted by Crippen LogP contribution is -2.17. The molecule has 0 spiro atoms. The van der Waals surface area contributed by atoms with Crippen LogP contribution in [0.2, 0.25) is 5.02 Å². The van der Waals surface area contributed by atoms with Crippen LogP contribution in [-0.4, -0.2) is 43.8 Å². The fourth-order valence-electron chi connectivity index (χ4n) is 2.32. The van der Waals surface area contributed by atoms with Crippen molar-refractivity contribution in [3.63, 3.8) is 0 Å². The summed E-state index contributed by atoms with van der Waals surface area (Å²) >= 11 is 5.83. The third-order valence-corrected chi connectivity index (χ3v) is 4.01. The number of nitro groups is 1. The van der Waals surface area contributed by atoms with Gasteiger partial charge >= 0.3 is 18.1 Å². The molecule has 0 heterocycles. The molecular formula is C19H15ClF3NO8. The minimum absolute atomic E-state index is 0.115. The van der Waals surface area contributed by atoms with Gasteiger partial charge < -0.3 is 18.9 Å². The first-order chi connectivity index (χ1) is 15.0. The highest BCUT2D eigenvalue weighted by atomic mass is 35.5. The molecule has 0 bridgehead atoms. The number of benzene rings is 2. The van der Waals surface area contributed by atoms with Crippen molar-refractivity contribution < 1.29 is 46.6 Å². The standard InChI is InChI=1S/C19H15ClF3NO8/c1-29-10-17(25)30-6-7-31-18(26)13-9-12(3-4-15(13)24(27)28)32-16-5-2-11(8-14(16)20)19(21,22)23/h2-5,8-9H,6-7,10H2,1H3. The van der Waals surface area contributed by atoms with Gasteiger partial charge in [0.15, 0.2) is 0 Å². The van der Waals surface area contributed by atoms with Gasteiger partial charge in [0.05, 0.1) is 15.5 Å². The van der Waals surface area contributed by atoms with E-state index in [-0.39, 0.29) is 36.3 Å². The zero-order chi connectivity index (χ0) is 23.9. The molecular weight excluding hydrogens is 463 g/mol. The molecule has 9 nitrogen and oxygen atoms in total. The predicted molar refractivity (Wildman–Crippen MR) is 103 cm³/mol. The number of hydrogen-bond acceptors (Lipinski definition) is 8. The van der Waals surface area contributed by atoms with Crippen LogP contribution in [0.5, 0.6) is 11.5 Å². The molecule has 0 aliphatic carbocycles. The Labute approximate surface area is 183 Å². The third-order valence-electron chi connectivity index (χ3n) is 3.71. The Bertz CT molecular complexity index is 1010. The monoisotopic (exact) mass is 477 g/mol. The number of carbonyl (C=O) groups excluding carboxylic acids is 2. The highest BCUT2D eigenvalue weighted by Crippen LogP contribution is 2.37. The molecule has 2 aromatic carbocycles. The summed E-state index contributed by atoms with van der Waals surface area (Å²) in [6.45, 7) is -0.994. The molecule has 0 unspecified atom stereocenters. The first kappa shape index (κ1) is 24.9. The van der Waals surface area contributed by atoms with Crippen molar-refractivity contribution in [3.8, 4) is 11.5 Å². The minimum atomic E-state index is -4.61. The third kappa shape index (κ3) is 6.82. The molecule has 0 saturated heterocycles. The summed E-state index contributed by atoms with van der Waals surface area (Å²) in [6, 6.07) is 5.44. The van der Waals surface area contributed by atoms with Gasteiger partial charge in [-0.05, 0) is 24.3 Å². The van der Waals surface area contributed by atoms with Crippen LogP contribution in [0.3, 0.4) is 0 Å². The second-order valence-corrected chi connectivity index (χ2v) is 6.38. The summed E-state index contributed by atoms with van der Waals surface area (Å²) < 4.78 is 57.7. The van der Waals surface area contributed by atoms with Crippen molar-refractivity contribution in [2.24, 2.45) is 0 Å². The summed E-state index contributed by atoms with van der Waals surface area (Å²) in [5.41, 5.74) is -2.08. The van der Waals surface area contributed by atoms with E-state index in [0.717, 1.165) is 30.3 Å². The molecule has 0 amide bonds. The molecule has 13 heteroatoms. The average molecular weight is 478 g/mol. The Morgan fingerprint density at radius 3 is 2.38 bits per heavy atom. The molecule has 2 aromatic rings. The lowest BCUT2D eigenvalue weighted by atomic mass is 10.1. The Hall–Kier alpha value is -3.38. The quantitative estimate of drug-likeness (QED) is 0.226. The van der Waals surface area contributed by atoms with Crippen molar-refractivity contribution in [2.45, 2.75) is 6.18 Å². The highest BCUT2D eigenvalue weighted by molar-refractivity contribution is 6.32. The van der Waals surface area contributed by atoms with Crippen molar-refractivity contribution >= 4 is 29.2 Å². The maximum atomic E-state index is 12.7. The normalized spacial score (nSPS) is 11.0. The average Bonchev–Trinajstić information content (AvgIpc) is 2.71. The van der Waals surface area contributed by atoms with Crippen LogP contribution < -0.4 is 4.74 Å². The van der Waals surface area contributed by atoms with Gasteiger partial charge in [-0.2, -0.15) is 13.2 Å². The summed E-state index contributed by atoms with van der Waals surface area (Å²) in [5, 5.41) is 10.9. The molecule has 32 heavy (non-hydrogen) atoms. The molecule has 0 radical (unpaired) electrons. The van der Waals surface area contributed by atoms with E-state index in [2.05, 4.69) is 4.74 Å². The van der Waals surface area contributed by atoms with Gasteiger partial charge in [-0.15, -0.1) is 0 Å². The molecule has 2 rings (SSSR count). The van der Waals surface area contributed by atoms with Gasteiger partial charge in [0.2, 0.25) is 0 Å². The second kappa shape index (κ2) is 10.8. The van der Waals surface area contributed by atoms with Gasteiger partial charge in [0.25, 0.3) is 5.69 Å². The first-order valence-corrected chi connectivity index (χ1v) is 9.05. The molecule has 0 aliphatic rings. The Balaban J connectivity index is 2.16. The molecule has 0 aliphatic heterocycles. The molecule has 0 saturated carbocycles. The zero-order valence-corrected chi connectivity index (χ0v) is 17.1. The van der Waals surface area contributed by atoms with E-state index in [0.29, 0.717) is 6.07 Å². The van der Waals surface area contributed by atoms with Crippen LogP contribution in [-0.2, 0) is 25.2 Å². The highest BCUT2D eigenvalue weighted by Gasteiger charge is 2.31. The van der Waals surface area contributed by atoms with Crippen LogP contribution in [0.1, 0.15) is 15.9 Å². The summed E-state index contributed by atoms with van der Waals surface area (Å²) in [4.78, 5) is 33.8. The van der Waals surface area contributed by atoms with E-state index in [9.17, 15) is 32.9 Å². The van der Waals surface area contributed by atoms with Crippen LogP contribution in [0.15, 0.2) is 36.4 Å².